The van der Waals surface area contributed by atoms with Crippen molar-refractivity contribution in [2.75, 3.05) is 12.3 Å². The van der Waals surface area contributed by atoms with Crippen LogP contribution in [0.1, 0.15) is 11.1 Å². The maximum atomic E-state index is 10.1. The molecule has 0 fully saturated rings. The molecular weight excluding hydrogens is 271 g/mol. The van der Waals surface area contributed by atoms with E-state index in [9.17, 15) is 14.7 Å². The summed E-state index contributed by atoms with van der Waals surface area (Å²) in [5.41, 5.74) is 2.00. The van der Waals surface area contributed by atoms with Crippen LogP contribution in [0.25, 0.3) is 0 Å². The van der Waals surface area contributed by atoms with Crippen molar-refractivity contribution in [1.82, 2.24) is 0 Å². The molecule has 0 radical (unpaired) electrons. The van der Waals surface area contributed by atoms with Crippen LogP contribution in [-0.4, -0.2) is 27.0 Å². The first-order chi connectivity index (χ1) is 9.42. The standard InChI is InChI=1S/C16H21O3P/c17-20(18,19,13-11-15-7-3-1-4-8-15)14-12-16-9-5-2-6-10-16/h1-10,17-19H,11-14H2. The van der Waals surface area contributed by atoms with Crippen molar-refractivity contribution in [3.05, 3.63) is 71.8 Å². The third-order valence-corrected chi connectivity index (χ3v) is 5.68. The Kier molecular flexibility index (Phi) is 4.56. The minimum absolute atomic E-state index is 0.0163. The predicted molar refractivity (Wildman–Crippen MR) is 83.6 cm³/mol. The molecule has 0 aliphatic rings. The molecule has 3 N–H and O–H groups in total. The van der Waals surface area contributed by atoms with Crippen molar-refractivity contribution >= 4 is 7.28 Å². The fourth-order valence-electron chi connectivity index (χ4n) is 2.12. The van der Waals surface area contributed by atoms with Crippen molar-refractivity contribution in [3.63, 3.8) is 0 Å². The Morgan fingerprint density at radius 3 is 1.30 bits per heavy atom. The van der Waals surface area contributed by atoms with Crippen molar-refractivity contribution in [1.29, 1.82) is 0 Å². The average molecular weight is 292 g/mol. The van der Waals surface area contributed by atoms with Gasteiger partial charge in [0, 0.05) is 0 Å². The monoisotopic (exact) mass is 292 g/mol. The molecule has 0 amide bonds. The van der Waals surface area contributed by atoms with Gasteiger partial charge in [-0.2, -0.15) is 0 Å². The summed E-state index contributed by atoms with van der Waals surface area (Å²) in [6, 6.07) is 19.1. The molecule has 0 heterocycles. The molecule has 0 aromatic heterocycles. The van der Waals surface area contributed by atoms with E-state index in [0.29, 0.717) is 12.8 Å². The normalized spacial score (nSPS) is 13.7. The molecule has 20 heavy (non-hydrogen) atoms. The number of rotatable bonds is 6. The zero-order chi connectivity index (χ0) is 14.5. The number of hydrogen-bond donors (Lipinski definition) is 3. The van der Waals surface area contributed by atoms with Crippen molar-refractivity contribution in [2.24, 2.45) is 0 Å². The average Bonchev–Trinajstić information content (AvgIpc) is 2.46. The van der Waals surface area contributed by atoms with Gasteiger partial charge in [-0.25, -0.2) is 0 Å². The maximum absolute atomic E-state index is 10.1. The topological polar surface area (TPSA) is 60.7 Å². The molecule has 0 atom stereocenters. The fraction of sp³-hybridized carbons (Fsp3) is 0.250. The third kappa shape index (κ3) is 5.03. The molecule has 0 aliphatic heterocycles. The van der Waals surface area contributed by atoms with Crippen molar-refractivity contribution in [2.45, 2.75) is 12.8 Å². The molecule has 0 saturated carbocycles. The van der Waals surface area contributed by atoms with E-state index < -0.39 is 7.28 Å². The third-order valence-electron chi connectivity index (χ3n) is 3.40. The molecule has 3 nitrogen and oxygen atoms in total. The SMILES string of the molecule is OP(O)(O)(CCc1ccccc1)CCc1ccccc1. The van der Waals surface area contributed by atoms with E-state index in [0.717, 1.165) is 11.1 Å². The van der Waals surface area contributed by atoms with Crippen LogP contribution in [0.4, 0.5) is 0 Å². The second-order valence-corrected chi connectivity index (χ2v) is 8.83. The molecule has 4 heteroatoms. The van der Waals surface area contributed by atoms with E-state index in [-0.39, 0.29) is 12.3 Å². The molecule has 2 aromatic carbocycles. The van der Waals surface area contributed by atoms with Crippen LogP contribution in [0.2, 0.25) is 0 Å². The Morgan fingerprint density at radius 1 is 0.600 bits per heavy atom. The zero-order valence-corrected chi connectivity index (χ0v) is 12.3. The summed E-state index contributed by atoms with van der Waals surface area (Å²) >= 11 is 0. The Hall–Kier alpha value is -1.25. The summed E-state index contributed by atoms with van der Waals surface area (Å²) in [7, 11) is -4.54. The van der Waals surface area contributed by atoms with Gasteiger partial charge in [-0.3, -0.25) is 0 Å². The van der Waals surface area contributed by atoms with Crippen LogP contribution in [0.5, 0.6) is 0 Å². The summed E-state index contributed by atoms with van der Waals surface area (Å²) < 4.78 is 0. The first kappa shape index (κ1) is 15.1. The van der Waals surface area contributed by atoms with Gasteiger partial charge in [0.15, 0.2) is 0 Å². The number of benzene rings is 2. The second kappa shape index (κ2) is 6.02. The van der Waals surface area contributed by atoms with Gasteiger partial charge in [-0.1, -0.05) is 0 Å². The summed E-state index contributed by atoms with van der Waals surface area (Å²) in [5.74, 6) is 0. The summed E-state index contributed by atoms with van der Waals surface area (Å²) in [6.07, 6.45) is 0.971. The van der Waals surface area contributed by atoms with E-state index in [1.165, 1.54) is 0 Å². The van der Waals surface area contributed by atoms with Crippen molar-refractivity contribution in [3.8, 4) is 0 Å². The second-order valence-electron chi connectivity index (χ2n) is 5.26. The Morgan fingerprint density at radius 2 is 0.950 bits per heavy atom. The Labute approximate surface area is 119 Å². The van der Waals surface area contributed by atoms with Crippen LogP contribution >= 0.6 is 7.28 Å². The molecule has 0 unspecified atom stereocenters. The van der Waals surface area contributed by atoms with Gasteiger partial charge in [-0.05, 0) is 0 Å². The summed E-state index contributed by atoms with van der Waals surface area (Å²) in [4.78, 5) is 30.4. The van der Waals surface area contributed by atoms with Gasteiger partial charge >= 0.3 is 119 Å². The number of aryl methyl sites for hydroxylation is 2. The van der Waals surface area contributed by atoms with Crippen molar-refractivity contribution < 1.29 is 14.7 Å². The number of hydrogen-bond acceptors (Lipinski definition) is 3. The fourth-order valence-corrected chi connectivity index (χ4v) is 3.77. The molecular formula is C16H21O3P. The first-order valence-electron chi connectivity index (χ1n) is 6.76. The van der Waals surface area contributed by atoms with Gasteiger partial charge in [-0.15, -0.1) is 0 Å². The van der Waals surface area contributed by atoms with Crippen LogP contribution < -0.4 is 0 Å². The molecule has 2 rings (SSSR count). The summed E-state index contributed by atoms with van der Waals surface area (Å²) in [5, 5.41) is 0. The minimum atomic E-state index is -4.54. The molecule has 0 bridgehead atoms. The van der Waals surface area contributed by atoms with E-state index in [2.05, 4.69) is 0 Å². The van der Waals surface area contributed by atoms with Gasteiger partial charge in [0.1, 0.15) is 0 Å². The predicted octanol–water partition coefficient (Wildman–Crippen LogP) is 2.75. The molecule has 0 saturated heterocycles. The van der Waals surface area contributed by atoms with Gasteiger partial charge < -0.3 is 0 Å². The van der Waals surface area contributed by atoms with Crippen LogP contribution in [0.15, 0.2) is 60.7 Å². The Balaban J connectivity index is 1.93. The molecule has 108 valence electrons. The van der Waals surface area contributed by atoms with E-state index >= 15 is 0 Å². The van der Waals surface area contributed by atoms with E-state index in [1.54, 1.807) is 0 Å². The van der Waals surface area contributed by atoms with Gasteiger partial charge in [0.05, 0.1) is 0 Å². The summed E-state index contributed by atoms with van der Waals surface area (Å²) in [6.45, 7) is 0. The molecule has 2 aromatic rings. The van der Waals surface area contributed by atoms with Crippen LogP contribution in [-0.2, 0) is 12.8 Å². The van der Waals surface area contributed by atoms with E-state index in [4.69, 9.17) is 0 Å². The van der Waals surface area contributed by atoms with Gasteiger partial charge in [0.25, 0.3) is 0 Å². The molecule has 0 aliphatic carbocycles. The first-order valence-corrected chi connectivity index (χ1v) is 9.23. The quantitative estimate of drug-likeness (QED) is 0.717. The Bertz CT molecular complexity index is 484. The molecule has 0 spiro atoms. The van der Waals surface area contributed by atoms with Gasteiger partial charge in [0.2, 0.25) is 0 Å². The van der Waals surface area contributed by atoms with Crippen LogP contribution in [0, 0.1) is 0 Å². The van der Waals surface area contributed by atoms with E-state index in [1.807, 2.05) is 60.7 Å². The zero-order valence-electron chi connectivity index (χ0n) is 11.4. The van der Waals surface area contributed by atoms with Crippen LogP contribution in [0.3, 0.4) is 0 Å².